The Labute approximate surface area is 117 Å². The molecule has 0 amide bonds. The van der Waals surface area contributed by atoms with E-state index in [-0.39, 0.29) is 0 Å². The van der Waals surface area contributed by atoms with Crippen molar-refractivity contribution in [1.82, 2.24) is 4.98 Å². The maximum Gasteiger partial charge on any atom is 0.0708 e. The fourth-order valence-corrected chi connectivity index (χ4v) is 2.08. The molecule has 1 nitrogen and oxygen atoms in total. The number of nitrogens with zero attached hydrogens (tertiary/aromatic N) is 1. The summed E-state index contributed by atoms with van der Waals surface area (Å²) in [6.45, 7) is -2.09. The van der Waals surface area contributed by atoms with Gasteiger partial charge in [-0.05, 0) is 30.1 Å². The number of benzene rings is 2. The molecule has 0 unspecified atom stereocenters. The summed E-state index contributed by atoms with van der Waals surface area (Å²) in [7, 11) is 0. The minimum Gasteiger partial charge on any atom is -0.256 e. The van der Waals surface area contributed by atoms with Gasteiger partial charge in [-0.1, -0.05) is 60.2 Å². The monoisotopic (exact) mass is 248 g/mol. The second-order valence-corrected chi connectivity index (χ2v) is 4.38. The van der Waals surface area contributed by atoms with Crippen LogP contribution in [0.3, 0.4) is 0 Å². The predicted molar refractivity (Wildman–Crippen MR) is 79.8 cm³/mol. The number of hydrogen-bond donors (Lipinski definition) is 0. The highest BCUT2D eigenvalue weighted by molar-refractivity contribution is 5.70. The summed E-state index contributed by atoms with van der Waals surface area (Å²) >= 11 is 0. The molecule has 2 aromatic carbocycles. The van der Waals surface area contributed by atoms with Gasteiger partial charge < -0.3 is 0 Å². The third kappa shape index (κ3) is 2.55. The number of rotatable bonds is 2. The Morgan fingerprint density at radius 2 is 1.58 bits per heavy atom. The van der Waals surface area contributed by atoms with E-state index in [0.717, 1.165) is 22.4 Å². The van der Waals surface area contributed by atoms with E-state index in [2.05, 4.69) is 4.98 Å². The topological polar surface area (TPSA) is 12.9 Å². The predicted octanol–water partition coefficient (Wildman–Crippen LogP) is 4.72. The number of aryl methyl sites for hydroxylation is 1. The lowest BCUT2D eigenvalue weighted by atomic mass is 10.0. The first-order chi connectivity index (χ1) is 10.5. The minimum absolute atomic E-state index is 0.350. The zero-order valence-electron chi connectivity index (χ0n) is 13.4. The van der Waals surface area contributed by atoms with Crippen LogP contribution in [0.2, 0.25) is 0 Å². The lowest BCUT2D eigenvalue weighted by Crippen LogP contribution is -1.85. The second-order valence-electron chi connectivity index (χ2n) is 4.38. The van der Waals surface area contributed by atoms with Gasteiger partial charge in [0.2, 0.25) is 0 Å². The van der Waals surface area contributed by atoms with Crippen LogP contribution in [0.15, 0.2) is 72.9 Å². The third-order valence-corrected chi connectivity index (χ3v) is 3.03. The largest absolute Gasteiger partial charge is 0.256 e. The maximum atomic E-state index is 7.53. The van der Waals surface area contributed by atoms with Crippen molar-refractivity contribution in [1.29, 1.82) is 0 Å². The van der Waals surface area contributed by atoms with Crippen molar-refractivity contribution in [3.8, 4) is 22.4 Å². The van der Waals surface area contributed by atoms with Crippen LogP contribution in [0.4, 0.5) is 0 Å². The quantitative estimate of drug-likeness (QED) is 0.639. The van der Waals surface area contributed by atoms with Crippen LogP contribution in [0.5, 0.6) is 0 Å². The van der Waals surface area contributed by atoms with Gasteiger partial charge in [-0.3, -0.25) is 4.98 Å². The Bertz CT molecular complexity index is 780. The van der Waals surface area contributed by atoms with E-state index in [1.807, 2.05) is 48.5 Å². The third-order valence-electron chi connectivity index (χ3n) is 3.03. The van der Waals surface area contributed by atoms with Crippen molar-refractivity contribution in [2.24, 2.45) is 0 Å². The van der Waals surface area contributed by atoms with E-state index in [1.165, 1.54) is 0 Å². The summed E-state index contributed by atoms with van der Waals surface area (Å²) in [4.78, 5) is 4.40. The Morgan fingerprint density at radius 1 is 0.789 bits per heavy atom. The van der Waals surface area contributed by atoms with Gasteiger partial charge in [0, 0.05) is 15.9 Å². The molecule has 0 aliphatic heterocycles. The highest BCUT2D eigenvalue weighted by atomic mass is 14.7. The molecule has 1 aromatic heterocycles. The summed E-state index contributed by atoms with van der Waals surface area (Å²) in [6, 6.07) is 20.8. The van der Waals surface area contributed by atoms with Crippen molar-refractivity contribution < 1.29 is 4.11 Å². The summed E-state index contributed by atoms with van der Waals surface area (Å²) in [5.41, 5.74) is 4.10. The Kier molecular flexibility index (Phi) is 2.31. The maximum absolute atomic E-state index is 7.53. The molecule has 1 heteroatoms. The Morgan fingerprint density at radius 3 is 2.42 bits per heavy atom. The first-order valence-corrected chi connectivity index (χ1v) is 6.16. The number of pyridine rings is 1. The molecule has 0 aliphatic rings. The molecule has 0 bridgehead atoms. The van der Waals surface area contributed by atoms with Crippen molar-refractivity contribution in [2.45, 2.75) is 6.85 Å². The van der Waals surface area contributed by atoms with E-state index in [9.17, 15) is 0 Å². The van der Waals surface area contributed by atoms with Gasteiger partial charge in [0.1, 0.15) is 0 Å². The van der Waals surface area contributed by atoms with Crippen molar-refractivity contribution >= 4 is 0 Å². The van der Waals surface area contributed by atoms with Crippen LogP contribution in [-0.2, 0) is 0 Å². The molecular weight excluding hydrogens is 230 g/mol. The van der Waals surface area contributed by atoms with E-state index in [1.54, 1.807) is 24.4 Å². The molecule has 0 saturated carbocycles. The molecule has 0 spiro atoms. The van der Waals surface area contributed by atoms with Crippen LogP contribution in [0.25, 0.3) is 22.4 Å². The summed E-state index contributed by atoms with van der Waals surface area (Å²) < 4.78 is 22.6. The van der Waals surface area contributed by atoms with Crippen molar-refractivity contribution in [3.63, 3.8) is 0 Å². The summed E-state index contributed by atoms with van der Waals surface area (Å²) in [6.07, 6.45) is 1.75. The molecule has 19 heavy (non-hydrogen) atoms. The normalized spacial score (nSPS) is 13.4. The molecule has 92 valence electrons. The van der Waals surface area contributed by atoms with E-state index >= 15 is 0 Å². The van der Waals surface area contributed by atoms with Crippen molar-refractivity contribution in [2.75, 3.05) is 0 Å². The Balaban J connectivity index is 2.03. The summed E-state index contributed by atoms with van der Waals surface area (Å²) in [5, 5.41) is 0. The minimum atomic E-state index is -2.09. The first-order valence-electron chi connectivity index (χ1n) is 7.66. The smallest absolute Gasteiger partial charge is 0.0708 e. The van der Waals surface area contributed by atoms with Crippen LogP contribution >= 0.6 is 0 Å². The standard InChI is InChI=1S/C18H15N/c1-14-6-5-9-16(12-14)17-10-11-19-18(13-17)15-7-3-2-4-8-15/h2-13H,1H3/i1D3. The second kappa shape index (κ2) is 5.07. The average Bonchev–Trinajstić information content (AvgIpc) is 2.55. The van der Waals surface area contributed by atoms with E-state index in [0.29, 0.717) is 5.56 Å². The summed E-state index contributed by atoms with van der Waals surface area (Å²) in [5.74, 6) is 0. The molecule has 3 rings (SSSR count). The first kappa shape index (κ1) is 8.65. The van der Waals surface area contributed by atoms with Crippen LogP contribution in [0.1, 0.15) is 9.68 Å². The fraction of sp³-hybridized carbons (Fsp3) is 0.0556. The highest BCUT2D eigenvalue weighted by Crippen LogP contribution is 2.24. The van der Waals surface area contributed by atoms with Crippen molar-refractivity contribution in [3.05, 3.63) is 78.5 Å². The zero-order valence-corrected chi connectivity index (χ0v) is 10.4. The molecule has 0 radical (unpaired) electrons. The van der Waals surface area contributed by atoms with Crippen LogP contribution in [-0.4, -0.2) is 4.98 Å². The molecule has 1 heterocycles. The molecule has 0 N–H and O–H groups in total. The molecule has 3 aromatic rings. The highest BCUT2D eigenvalue weighted by Gasteiger charge is 2.02. The van der Waals surface area contributed by atoms with Crippen LogP contribution < -0.4 is 0 Å². The Hall–Kier alpha value is -2.41. The van der Waals surface area contributed by atoms with Gasteiger partial charge >= 0.3 is 0 Å². The zero-order chi connectivity index (χ0) is 15.6. The SMILES string of the molecule is [2H]C([2H])([2H])c1cccc(-c2ccnc(-c3ccccc3)c2)c1. The molecule has 0 saturated heterocycles. The van der Waals surface area contributed by atoms with Gasteiger partial charge in [-0.2, -0.15) is 0 Å². The number of aromatic nitrogens is 1. The average molecular weight is 248 g/mol. The lowest BCUT2D eigenvalue weighted by molar-refractivity contribution is 1.32. The number of hydrogen-bond acceptors (Lipinski definition) is 1. The fourth-order valence-electron chi connectivity index (χ4n) is 2.08. The molecule has 0 fully saturated rings. The lowest BCUT2D eigenvalue weighted by Gasteiger charge is -2.06. The molecule has 0 atom stereocenters. The van der Waals surface area contributed by atoms with Gasteiger partial charge in [-0.25, -0.2) is 0 Å². The van der Waals surface area contributed by atoms with Gasteiger partial charge in [0.05, 0.1) is 5.69 Å². The molecular formula is C18H15N. The van der Waals surface area contributed by atoms with Gasteiger partial charge in [0.15, 0.2) is 0 Å². The van der Waals surface area contributed by atoms with E-state index in [4.69, 9.17) is 4.11 Å². The van der Waals surface area contributed by atoms with E-state index < -0.39 is 6.85 Å². The van der Waals surface area contributed by atoms with Crippen LogP contribution in [0, 0.1) is 6.85 Å². The van der Waals surface area contributed by atoms with Gasteiger partial charge in [0.25, 0.3) is 0 Å². The molecule has 0 aliphatic carbocycles. The van der Waals surface area contributed by atoms with Gasteiger partial charge in [-0.15, -0.1) is 0 Å².